The summed E-state index contributed by atoms with van der Waals surface area (Å²) in [5, 5.41) is 1.19. The third-order valence-corrected chi connectivity index (χ3v) is 4.43. The molecule has 2 aromatic carbocycles. The van der Waals surface area contributed by atoms with E-state index in [0.717, 1.165) is 48.8 Å². The topological polar surface area (TPSA) is 34.6 Å². The molecule has 0 bridgehead atoms. The number of hydrogen-bond acceptors (Lipinski definition) is 4. The van der Waals surface area contributed by atoms with E-state index in [1.165, 1.54) is 11.1 Å². The molecular weight excluding hydrogens is 300 g/mol. The zero-order chi connectivity index (χ0) is 16.4. The first kappa shape index (κ1) is 15.0. The van der Waals surface area contributed by atoms with Gasteiger partial charge in [-0.05, 0) is 36.4 Å². The number of fused-ring (bicyclic) bond motifs is 1. The van der Waals surface area contributed by atoms with Crippen LogP contribution in [0.5, 0.6) is 5.75 Å². The lowest BCUT2D eigenvalue weighted by Crippen LogP contribution is -2.36. The number of nitrogens with zero attached hydrogens (tertiary/aromatic N) is 2. The maximum Gasteiger partial charge on any atom is 0.118 e. The Hall–Kier alpha value is -2.59. The number of benzene rings is 2. The second-order valence-corrected chi connectivity index (χ2v) is 5.87. The summed E-state index contributed by atoms with van der Waals surface area (Å²) >= 11 is 0. The van der Waals surface area contributed by atoms with Crippen LogP contribution in [0.3, 0.4) is 0 Å². The molecule has 4 nitrogen and oxygen atoms in total. The minimum Gasteiger partial charge on any atom is -0.497 e. The van der Waals surface area contributed by atoms with Crippen molar-refractivity contribution in [1.29, 1.82) is 0 Å². The van der Waals surface area contributed by atoms with Crippen LogP contribution in [0.25, 0.3) is 22.2 Å². The van der Waals surface area contributed by atoms with Gasteiger partial charge in [0.25, 0.3) is 0 Å². The van der Waals surface area contributed by atoms with Crippen molar-refractivity contribution in [3.05, 3.63) is 54.6 Å². The van der Waals surface area contributed by atoms with Crippen molar-refractivity contribution in [3.8, 4) is 17.0 Å². The predicted octanol–water partition coefficient (Wildman–Crippen LogP) is 3.75. The van der Waals surface area contributed by atoms with Crippen LogP contribution in [0, 0.1) is 0 Å². The number of ether oxygens (including phenoxy) is 2. The Morgan fingerprint density at radius 3 is 2.50 bits per heavy atom. The highest BCUT2D eigenvalue weighted by atomic mass is 16.5. The van der Waals surface area contributed by atoms with Gasteiger partial charge in [0.05, 0.1) is 31.5 Å². The fourth-order valence-electron chi connectivity index (χ4n) is 3.13. The number of rotatable bonds is 3. The molecule has 4 rings (SSSR count). The lowest BCUT2D eigenvalue weighted by Gasteiger charge is -2.30. The Kier molecular flexibility index (Phi) is 4.05. The molecule has 0 aliphatic carbocycles. The molecule has 0 saturated carbocycles. The number of para-hydroxylation sites is 1. The first-order valence-corrected chi connectivity index (χ1v) is 8.22. The highest BCUT2D eigenvalue weighted by Gasteiger charge is 2.16. The molecule has 4 heteroatoms. The SMILES string of the molecule is COc1ccc(-c2cc(N3CCOCC3)c3ccccc3n2)cc1. The van der Waals surface area contributed by atoms with Crippen LogP contribution < -0.4 is 9.64 Å². The monoisotopic (exact) mass is 320 g/mol. The van der Waals surface area contributed by atoms with Gasteiger partial charge >= 0.3 is 0 Å². The van der Waals surface area contributed by atoms with Gasteiger partial charge in [0, 0.05) is 29.7 Å². The number of morpholine rings is 1. The van der Waals surface area contributed by atoms with E-state index in [-0.39, 0.29) is 0 Å². The van der Waals surface area contributed by atoms with Crippen molar-refractivity contribution in [2.45, 2.75) is 0 Å². The minimum atomic E-state index is 0.772. The Morgan fingerprint density at radius 2 is 1.75 bits per heavy atom. The van der Waals surface area contributed by atoms with Crippen LogP contribution in [0.2, 0.25) is 0 Å². The van der Waals surface area contributed by atoms with E-state index in [0.29, 0.717) is 0 Å². The van der Waals surface area contributed by atoms with Gasteiger partial charge in [-0.2, -0.15) is 0 Å². The summed E-state index contributed by atoms with van der Waals surface area (Å²) in [4.78, 5) is 7.25. The van der Waals surface area contributed by atoms with Gasteiger partial charge in [-0.1, -0.05) is 18.2 Å². The van der Waals surface area contributed by atoms with Gasteiger partial charge in [-0.3, -0.25) is 0 Å². The summed E-state index contributed by atoms with van der Waals surface area (Å²) < 4.78 is 10.8. The van der Waals surface area contributed by atoms with Crippen molar-refractivity contribution >= 4 is 16.6 Å². The first-order chi connectivity index (χ1) is 11.8. The normalized spacial score (nSPS) is 14.8. The van der Waals surface area contributed by atoms with Crippen molar-refractivity contribution in [3.63, 3.8) is 0 Å². The Labute approximate surface area is 141 Å². The van der Waals surface area contributed by atoms with Crippen molar-refractivity contribution in [1.82, 2.24) is 4.98 Å². The second kappa shape index (κ2) is 6.49. The molecule has 1 aliphatic rings. The van der Waals surface area contributed by atoms with Crippen LogP contribution in [-0.4, -0.2) is 38.4 Å². The highest BCUT2D eigenvalue weighted by Crippen LogP contribution is 2.31. The maximum absolute atomic E-state index is 5.50. The molecule has 0 unspecified atom stereocenters. The number of aromatic nitrogens is 1. The quantitative estimate of drug-likeness (QED) is 0.736. The molecule has 1 aliphatic heterocycles. The second-order valence-electron chi connectivity index (χ2n) is 5.87. The molecular formula is C20H20N2O2. The molecule has 2 heterocycles. The summed E-state index contributed by atoms with van der Waals surface area (Å²) in [7, 11) is 1.68. The Bertz CT molecular complexity index is 840. The third kappa shape index (κ3) is 2.81. The third-order valence-electron chi connectivity index (χ3n) is 4.43. The number of methoxy groups -OCH3 is 1. The van der Waals surface area contributed by atoms with E-state index in [2.05, 4.69) is 41.3 Å². The molecule has 0 spiro atoms. The van der Waals surface area contributed by atoms with Gasteiger partial charge in [0.1, 0.15) is 5.75 Å². The lowest BCUT2D eigenvalue weighted by molar-refractivity contribution is 0.123. The fourth-order valence-corrected chi connectivity index (χ4v) is 3.13. The average Bonchev–Trinajstić information content (AvgIpc) is 2.68. The number of hydrogen-bond donors (Lipinski definition) is 0. The average molecular weight is 320 g/mol. The molecule has 0 amide bonds. The molecule has 0 atom stereocenters. The summed E-state index contributed by atoms with van der Waals surface area (Å²) in [6.45, 7) is 3.37. The van der Waals surface area contributed by atoms with Crippen molar-refractivity contribution in [2.75, 3.05) is 38.3 Å². The highest BCUT2D eigenvalue weighted by molar-refractivity contribution is 5.94. The molecule has 122 valence electrons. The van der Waals surface area contributed by atoms with E-state index < -0.39 is 0 Å². The van der Waals surface area contributed by atoms with Crippen LogP contribution in [-0.2, 0) is 4.74 Å². The van der Waals surface area contributed by atoms with E-state index in [4.69, 9.17) is 14.5 Å². The number of anilines is 1. The Balaban J connectivity index is 1.83. The van der Waals surface area contributed by atoms with Crippen LogP contribution in [0.15, 0.2) is 54.6 Å². The molecule has 24 heavy (non-hydrogen) atoms. The molecule has 0 N–H and O–H groups in total. The summed E-state index contributed by atoms with van der Waals surface area (Å²) in [6, 6.07) is 18.6. The van der Waals surface area contributed by atoms with Gasteiger partial charge in [0.15, 0.2) is 0 Å². The van der Waals surface area contributed by atoms with Crippen molar-refractivity contribution < 1.29 is 9.47 Å². The summed E-state index contributed by atoms with van der Waals surface area (Å²) in [5.41, 5.74) is 4.33. The van der Waals surface area contributed by atoms with Gasteiger partial charge in [-0.25, -0.2) is 4.98 Å². The predicted molar refractivity (Wildman–Crippen MR) is 96.8 cm³/mol. The molecule has 3 aromatic rings. The van der Waals surface area contributed by atoms with Crippen LogP contribution in [0.4, 0.5) is 5.69 Å². The fraction of sp³-hybridized carbons (Fsp3) is 0.250. The first-order valence-electron chi connectivity index (χ1n) is 8.22. The molecule has 0 radical (unpaired) electrons. The van der Waals surface area contributed by atoms with E-state index in [1.54, 1.807) is 7.11 Å². The van der Waals surface area contributed by atoms with E-state index >= 15 is 0 Å². The van der Waals surface area contributed by atoms with E-state index in [1.807, 2.05) is 18.2 Å². The maximum atomic E-state index is 5.50. The largest absolute Gasteiger partial charge is 0.497 e. The van der Waals surface area contributed by atoms with Crippen LogP contribution >= 0.6 is 0 Å². The summed E-state index contributed by atoms with van der Waals surface area (Å²) in [5.74, 6) is 0.855. The van der Waals surface area contributed by atoms with Gasteiger partial charge < -0.3 is 14.4 Å². The molecule has 1 fully saturated rings. The minimum absolute atomic E-state index is 0.772. The lowest BCUT2D eigenvalue weighted by atomic mass is 10.1. The zero-order valence-corrected chi connectivity index (χ0v) is 13.7. The molecule has 1 aromatic heterocycles. The van der Waals surface area contributed by atoms with Crippen molar-refractivity contribution in [2.24, 2.45) is 0 Å². The van der Waals surface area contributed by atoms with Gasteiger partial charge in [0.2, 0.25) is 0 Å². The molecule has 1 saturated heterocycles. The summed E-state index contributed by atoms with van der Waals surface area (Å²) in [6.07, 6.45) is 0. The standard InChI is InChI=1S/C20H20N2O2/c1-23-16-8-6-15(7-9-16)19-14-20(22-10-12-24-13-11-22)17-4-2-3-5-18(17)21-19/h2-9,14H,10-13H2,1H3. The van der Waals surface area contributed by atoms with E-state index in [9.17, 15) is 0 Å². The number of pyridine rings is 1. The Morgan fingerprint density at radius 1 is 1.00 bits per heavy atom. The smallest absolute Gasteiger partial charge is 0.118 e. The zero-order valence-electron chi connectivity index (χ0n) is 13.7. The van der Waals surface area contributed by atoms with Crippen LogP contribution in [0.1, 0.15) is 0 Å². The van der Waals surface area contributed by atoms with Gasteiger partial charge in [-0.15, -0.1) is 0 Å².